The minimum atomic E-state index is -4.38. The monoisotopic (exact) mass is 473 g/mol. The molecule has 128 valence electrons. The zero-order valence-corrected chi connectivity index (χ0v) is 15.6. The largest absolute Gasteiger partial charge is 0.416 e. The molecule has 0 aliphatic carbocycles. The van der Waals surface area contributed by atoms with Crippen molar-refractivity contribution in [3.05, 3.63) is 68.6 Å². The van der Waals surface area contributed by atoms with E-state index in [9.17, 15) is 13.2 Å². The summed E-state index contributed by atoms with van der Waals surface area (Å²) in [5, 5.41) is 6.44. The van der Waals surface area contributed by atoms with E-state index in [1.807, 2.05) is 58.3 Å². The molecule has 8 heteroatoms. The Kier molecular flexibility index (Phi) is 5.38. The van der Waals surface area contributed by atoms with Gasteiger partial charge in [-0.25, -0.2) is 4.98 Å². The molecule has 0 unspecified atom stereocenters. The van der Waals surface area contributed by atoms with Gasteiger partial charge in [-0.15, -0.1) is 11.3 Å². The molecule has 0 bridgehead atoms. The lowest BCUT2D eigenvalue weighted by atomic mass is 10.1. The summed E-state index contributed by atoms with van der Waals surface area (Å²) < 4.78 is 39.0. The van der Waals surface area contributed by atoms with Crippen molar-refractivity contribution >= 4 is 45.3 Å². The Morgan fingerprint density at radius 1 is 1.12 bits per heavy atom. The summed E-state index contributed by atoms with van der Waals surface area (Å²) in [5.41, 5.74) is 4.23. The molecule has 0 saturated carbocycles. The third kappa shape index (κ3) is 4.79. The fourth-order valence-electron chi connectivity index (χ4n) is 2.08. The Balaban J connectivity index is 1.72. The molecule has 1 heterocycles. The standard InChI is InChI=1S/C17H11F3IN3S/c18-17(19,20)13-6-11(7-14(21)8-13)9-22-24-16-23-15(10-25-16)12-4-2-1-3-5-12/h1-10H,(H,23,24). The van der Waals surface area contributed by atoms with Gasteiger partial charge in [0.15, 0.2) is 0 Å². The van der Waals surface area contributed by atoms with Crippen LogP contribution in [-0.4, -0.2) is 11.2 Å². The molecular weight excluding hydrogens is 462 g/mol. The lowest BCUT2D eigenvalue weighted by Crippen LogP contribution is -2.06. The van der Waals surface area contributed by atoms with Crippen LogP contribution in [0.25, 0.3) is 11.3 Å². The van der Waals surface area contributed by atoms with Gasteiger partial charge in [0.25, 0.3) is 0 Å². The first-order valence-electron chi connectivity index (χ1n) is 7.09. The second-order valence-electron chi connectivity index (χ2n) is 5.04. The fourth-order valence-corrected chi connectivity index (χ4v) is 3.44. The minimum Gasteiger partial charge on any atom is -0.253 e. The first kappa shape index (κ1) is 17.9. The van der Waals surface area contributed by atoms with Gasteiger partial charge in [-0.05, 0) is 46.4 Å². The quantitative estimate of drug-likeness (QED) is 0.292. The molecule has 0 aliphatic heterocycles. The summed E-state index contributed by atoms with van der Waals surface area (Å²) >= 11 is 3.22. The zero-order valence-electron chi connectivity index (χ0n) is 12.6. The van der Waals surface area contributed by atoms with Gasteiger partial charge in [-0.1, -0.05) is 30.3 Å². The Labute approximate surface area is 159 Å². The second-order valence-corrected chi connectivity index (χ2v) is 7.15. The summed E-state index contributed by atoms with van der Waals surface area (Å²) in [6.07, 6.45) is -3.03. The number of halogens is 4. The van der Waals surface area contributed by atoms with Crippen LogP contribution < -0.4 is 5.43 Å². The van der Waals surface area contributed by atoms with Gasteiger partial charge in [0.2, 0.25) is 5.13 Å². The SMILES string of the molecule is FC(F)(F)c1cc(I)cc(C=NNc2nc(-c3ccccc3)cs2)c1. The van der Waals surface area contributed by atoms with Gasteiger partial charge >= 0.3 is 6.18 Å². The van der Waals surface area contributed by atoms with Crippen LogP contribution in [-0.2, 0) is 6.18 Å². The molecule has 3 rings (SSSR count). The van der Waals surface area contributed by atoms with Crippen LogP contribution in [0.3, 0.4) is 0 Å². The van der Waals surface area contributed by atoms with Crippen LogP contribution in [0.2, 0.25) is 0 Å². The summed E-state index contributed by atoms with van der Waals surface area (Å²) in [6.45, 7) is 0. The maximum Gasteiger partial charge on any atom is 0.416 e. The number of hydrogen-bond donors (Lipinski definition) is 1. The van der Waals surface area contributed by atoms with Gasteiger partial charge in [0, 0.05) is 14.5 Å². The number of hydrogen-bond acceptors (Lipinski definition) is 4. The van der Waals surface area contributed by atoms with Crippen molar-refractivity contribution in [2.24, 2.45) is 5.10 Å². The van der Waals surface area contributed by atoms with Gasteiger partial charge in [0.1, 0.15) is 0 Å². The predicted molar refractivity (Wildman–Crippen MR) is 103 cm³/mol. The number of nitrogens with one attached hydrogen (secondary N) is 1. The normalized spacial score (nSPS) is 11.8. The van der Waals surface area contributed by atoms with Crippen molar-refractivity contribution in [3.8, 4) is 11.3 Å². The van der Waals surface area contributed by atoms with Gasteiger partial charge in [-0.3, -0.25) is 5.43 Å². The van der Waals surface area contributed by atoms with Crippen LogP contribution in [0, 0.1) is 3.57 Å². The molecule has 3 nitrogen and oxygen atoms in total. The molecule has 1 aromatic heterocycles. The number of aromatic nitrogens is 1. The minimum absolute atomic E-state index is 0.367. The van der Waals surface area contributed by atoms with Crippen LogP contribution in [0.1, 0.15) is 11.1 Å². The van der Waals surface area contributed by atoms with Crippen LogP contribution in [0.4, 0.5) is 18.3 Å². The smallest absolute Gasteiger partial charge is 0.253 e. The summed E-state index contributed by atoms with van der Waals surface area (Å²) in [6, 6.07) is 13.5. The number of nitrogens with zero attached hydrogens (tertiary/aromatic N) is 2. The van der Waals surface area contributed by atoms with E-state index in [-0.39, 0.29) is 0 Å². The average Bonchev–Trinajstić information content (AvgIpc) is 3.03. The number of benzene rings is 2. The number of rotatable bonds is 4. The van der Waals surface area contributed by atoms with Gasteiger partial charge in [0.05, 0.1) is 17.5 Å². The van der Waals surface area contributed by atoms with E-state index < -0.39 is 11.7 Å². The summed E-state index contributed by atoms with van der Waals surface area (Å²) in [7, 11) is 0. The molecule has 25 heavy (non-hydrogen) atoms. The molecule has 0 atom stereocenters. The van der Waals surface area contributed by atoms with E-state index in [0.717, 1.165) is 23.4 Å². The predicted octanol–water partition coefficient (Wildman–Crippen LogP) is 5.88. The molecule has 0 amide bonds. The van der Waals surface area contributed by atoms with E-state index in [2.05, 4.69) is 15.5 Å². The van der Waals surface area contributed by atoms with E-state index in [1.54, 1.807) is 6.07 Å². The molecule has 1 N–H and O–H groups in total. The highest BCUT2D eigenvalue weighted by atomic mass is 127. The highest BCUT2D eigenvalue weighted by Crippen LogP contribution is 2.31. The van der Waals surface area contributed by atoms with Crippen molar-refractivity contribution < 1.29 is 13.2 Å². The highest BCUT2D eigenvalue weighted by Gasteiger charge is 2.30. The van der Waals surface area contributed by atoms with E-state index in [1.165, 1.54) is 17.6 Å². The number of alkyl halides is 3. The molecule has 2 aromatic carbocycles. The molecule has 0 saturated heterocycles. The Hall–Kier alpha value is -1.94. The molecule has 0 aliphatic rings. The first-order chi connectivity index (χ1) is 11.9. The molecular formula is C17H11F3IN3S. The van der Waals surface area contributed by atoms with Crippen molar-refractivity contribution in [2.75, 3.05) is 5.43 Å². The number of thiazole rings is 1. The van der Waals surface area contributed by atoms with E-state index in [0.29, 0.717) is 14.3 Å². The lowest BCUT2D eigenvalue weighted by molar-refractivity contribution is -0.137. The van der Waals surface area contributed by atoms with E-state index >= 15 is 0 Å². The fraction of sp³-hybridized carbons (Fsp3) is 0.0588. The Morgan fingerprint density at radius 3 is 2.60 bits per heavy atom. The Bertz CT molecular complexity index is 892. The highest BCUT2D eigenvalue weighted by molar-refractivity contribution is 14.1. The second kappa shape index (κ2) is 7.52. The van der Waals surface area contributed by atoms with Crippen molar-refractivity contribution in [2.45, 2.75) is 6.18 Å². The van der Waals surface area contributed by atoms with Crippen LogP contribution in [0.15, 0.2) is 59.0 Å². The average molecular weight is 473 g/mol. The number of anilines is 1. The maximum atomic E-state index is 12.8. The van der Waals surface area contributed by atoms with Gasteiger partial charge in [-0.2, -0.15) is 18.3 Å². The van der Waals surface area contributed by atoms with Crippen LogP contribution >= 0.6 is 33.9 Å². The lowest BCUT2D eigenvalue weighted by Gasteiger charge is -2.07. The first-order valence-corrected chi connectivity index (χ1v) is 9.05. The molecule has 0 fully saturated rings. The third-order valence-corrected chi connectivity index (χ3v) is 4.56. The third-order valence-electron chi connectivity index (χ3n) is 3.19. The summed E-state index contributed by atoms with van der Waals surface area (Å²) in [5.74, 6) is 0. The number of hydrazone groups is 1. The topological polar surface area (TPSA) is 37.3 Å². The molecule has 0 spiro atoms. The molecule has 0 radical (unpaired) electrons. The van der Waals surface area contributed by atoms with Crippen molar-refractivity contribution in [1.29, 1.82) is 0 Å². The summed E-state index contributed by atoms with van der Waals surface area (Å²) in [4.78, 5) is 4.40. The van der Waals surface area contributed by atoms with Gasteiger partial charge < -0.3 is 0 Å². The maximum absolute atomic E-state index is 12.8. The van der Waals surface area contributed by atoms with E-state index in [4.69, 9.17) is 0 Å². The zero-order chi connectivity index (χ0) is 17.9. The molecule has 3 aromatic rings. The Morgan fingerprint density at radius 2 is 1.88 bits per heavy atom. The van der Waals surface area contributed by atoms with Crippen molar-refractivity contribution in [3.63, 3.8) is 0 Å². The van der Waals surface area contributed by atoms with Crippen LogP contribution in [0.5, 0.6) is 0 Å². The van der Waals surface area contributed by atoms with Crippen molar-refractivity contribution in [1.82, 2.24) is 4.98 Å².